The molecule has 0 spiro atoms. The molecule has 0 aliphatic rings. The van der Waals surface area contributed by atoms with Gasteiger partial charge in [0, 0.05) is 0 Å². The van der Waals surface area contributed by atoms with E-state index < -0.39 is 245 Å². The van der Waals surface area contributed by atoms with Crippen molar-refractivity contribution in [3.8, 4) is 0 Å². The van der Waals surface area contributed by atoms with Gasteiger partial charge in [0.25, 0.3) is 0 Å². The third-order valence-corrected chi connectivity index (χ3v) is 13.1. The number of carbonyl (C=O) groups is 18. The summed E-state index contributed by atoms with van der Waals surface area (Å²) in [6, 6.07) is 8.28. The number of carboxylic acids is 12. The van der Waals surface area contributed by atoms with Crippen molar-refractivity contribution >= 4 is 107 Å². The molecule has 12 N–H and O–H groups in total. The monoisotopic (exact) mass is 1330 g/mol. The van der Waals surface area contributed by atoms with E-state index in [1.165, 1.54) is 0 Å². The maximum absolute atomic E-state index is 15.0. The van der Waals surface area contributed by atoms with Crippen molar-refractivity contribution in [1.29, 1.82) is 0 Å². The van der Waals surface area contributed by atoms with Gasteiger partial charge in [-0.05, 0) is 109 Å². The quantitative estimate of drug-likeness (QED) is 0.0233. The number of aromatic carboxylic acids is 12. The van der Waals surface area contributed by atoms with E-state index in [9.17, 15) is 138 Å². The minimum Gasteiger partial charge on any atom is -0.478 e. The highest BCUT2D eigenvalue weighted by atomic mass is 16.7. The molecule has 0 amide bonds. The molecule has 4 atom stereocenters. The zero-order valence-electron chi connectivity index (χ0n) is 47.3. The van der Waals surface area contributed by atoms with Crippen molar-refractivity contribution < 1.29 is 176 Å². The van der Waals surface area contributed by atoms with Gasteiger partial charge < -0.3 is 89.7 Å². The molecule has 6 aromatic rings. The van der Waals surface area contributed by atoms with E-state index in [2.05, 4.69) is 0 Å². The number of carbonyl (C=O) groups excluding carboxylic acids is 6. The summed E-state index contributed by atoms with van der Waals surface area (Å²) >= 11 is 0. The predicted octanol–water partition coefficient (Wildman–Crippen LogP) is 3.98. The molecule has 0 heterocycles. The molecular weight excluding hydrogens is 1300 g/mol. The highest BCUT2D eigenvalue weighted by molar-refractivity contribution is 6.09. The molecule has 494 valence electrons. The highest BCUT2D eigenvalue weighted by Crippen LogP contribution is 2.30. The van der Waals surface area contributed by atoms with E-state index in [1.54, 1.807) is 0 Å². The average molecular weight is 1330 g/mol. The third-order valence-electron chi connectivity index (χ3n) is 13.1. The molecule has 0 unspecified atom stereocenters. The number of rotatable bonds is 29. The fourth-order valence-corrected chi connectivity index (χ4v) is 8.54. The van der Waals surface area contributed by atoms with Crippen molar-refractivity contribution in [1.82, 2.24) is 0 Å². The molecule has 0 saturated heterocycles. The van der Waals surface area contributed by atoms with Gasteiger partial charge in [0.05, 0.1) is 100 Å². The maximum atomic E-state index is 15.0. The van der Waals surface area contributed by atoms with E-state index in [1.807, 2.05) is 0 Å². The number of hydrogen-bond donors (Lipinski definition) is 12. The second kappa shape index (κ2) is 29.6. The molecule has 36 nitrogen and oxygen atoms in total. The van der Waals surface area contributed by atoms with Crippen LogP contribution in [0.3, 0.4) is 0 Å². The van der Waals surface area contributed by atoms with Crippen LogP contribution in [-0.2, 0) is 28.4 Å². The molecule has 6 rings (SSSR count). The van der Waals surface area contributed by atoms with Gasteiger partial charge in [0.2, 0.25) is 0 Å². The first-order valence-corrected chi connectivity index (χ1v) is 25.8. The van der Waals surface area contributed by atoms with Crippen LogP contribution in [0, 0.1) is 0 Å². The molecule has 0 aromatic heterocycles. The Kier molecular flexibility index (Phi) is 21.9. The Hall–Kier alpha value is -14.2. The fourth-order valence-electron chi connectivity index (χ4n) is 8.54. The van der Waals surface area contributed by atoms with E-state index in [0.717, 1.165) is 0 Å². The lowest BCUT2D eigenvalue weighted by atomic mass is 9.99. The zero-order chi connectivity index (χ0) is 71.5. The second-order valence-corrected chi connectivity index (χ2v) is 19.0. The average Bonchev–Trinajstić information content (AvgIpc) is 0.802. The van der Waals surface area contributed by atoms with Gasteiger partial charge in [-0.15, -0.1) is 0 Å². The summed E-state index contributed by atoms with van der Waals surface area (Å²) < 4.78 is 33.1. The lowest BCUT2D eigenvalue weighted by molar-refractivity contribution is -0.138. The van der Waals surface area contributed by atoms with Crippen molar-refractivity contribution in [2.24, 2.45) is 0 Å². The first kappa shape index (κ1) is 70.9. The van der Waals surface area contributed by atoms with Crippen LogP contribution in [-0.4, -0.2) is 206 Å². The summed E-state index contributed by atoms with van der Waals surface area (Å²) in [5.74, 6) is -37.1. The number of carboxylic acid groups (broad SMARTS) is 12. The molecule has 96 heavy (non-hydrogen) atoms. The zero-order valence-corrected chi connectivity index (χ0v) is 47.3. The minimum absolute atomic E-state index is 0.247. The molecular formula is C60H38O36. The van der Waals surface area contributed by atoms with Crippen molar-refractivity contribution in [3.05, 3.63) is 209 Å². The Morgan fingerprint density at radius 2 is 0.385 bits per heavy atom. The molecule has 6 aromatic carbocycles. The van der Waals surface area contributed by atoms with E-state index in [0.29, 0.717) is 84.9 Å². The van der Waals surface area contributed by atoms with Crippen LogP contribution >= 0.6 is 0 Å². The topological polar surface area (TPSA) is 605 Å². The standard InChI is InChI=1S/C60H38O36/c61-43(62)21-1-7-27(49(73)74)33(13-21)55(85)91-19-39(93-57(87)35-15-23(45(65)66)3-9-29(35)51(77)78)41(95-59(89)37-17-25(47(69)70)5-11-31(37)53(81)82)42(96-60(90)38-18-26(48(71)72)6-12-32(38)54(83)84)40(94-58(88)36-16-24(46(67)68)4-10-30(36)52(79)80)20-92-56(86)34-14-22(44(63)64)2-8-28(34)50(75)76/h1-18,39-42H,19-20H2,(H,61,62)(H,63,64)(H,65,66)(H,67,68)(H,69,70)(H,71,72)(H,73,74)(H,75,76)(H,77,78)(H,79,80)(H,81,82)(H,83,84)/t39-,40+,41-,42-/m1/s1. The fraction of sp³-hybridized carbons (Fsp3) is 0.100. The first-order valence-electron chi connectivity index (χ1n) is 25.8. The maximum Gasteiger partial charge on any atom is 0.339 e. The van der Waals surface area contributed by atoms with Crippen molar-refractivity contribution in [3.63, 3.8) is 0 Å². The van der Waals surface area contributed by atoms with Gasteiger partial charge in [0.1, 0.15) is 13.2 Å². The Morgan fingerprint density at radius 1 is 0.219 bits per heavy atom. The van der Waals surface area contributed by atoms with Crippen molar-refractivity contribution in [2.45, 2.75) is 24.4 Å². The molecule has 0 aliphatic heterocycles. The SMILES string of the molecule is O=C(O)c1ccc(C(=O)O)c(C(=O)OC[C@H](OC(=O)c2cc(C(=O)O)ccc2C(=O)O)[C@@H](OC(=O)c2cc(C(=O)O)ccc2C(=O)O)[C@H](OC(=O)c2cc(C(=O)O)ccc2C(=O)O)[C@@H](COC(=O)c2cc(C(=O)O)ccc2C(=O)O)OC(=O)c2cc(C(=O)O)ccc2C(=O)O)c1. The van der Waals surface area contributed by atoms with Crippen LogP contribution in [0.2, 0.25) is 0 Å². The van der Waals surface area contributed by atoms with E-state index in [4.69, 9.17) is 28.4 Å². The molecule has 36 heteroatoms. The van der Waals surface area contributed by atoms with Gasteiger partial charge in [-0.1, -0.05) is 0 Å². The molecule has 0 bridgehead atoms. The Bertz CT molecular complexity index is 4120. The van der Waals surface area contributed by atoms with Crippen molar-refractivity contribution in [2.75, 3.05) is 13.2 Å². The molecule has 0 radical (unpaired) electrons. The van der Waals surface area contributed by atoms with Gasteiger partial charge in [-0.2, -0.15) is 0 Å². The van der Waals surface area contributed by atoms with Gasteiger partial charge in [0.15, 0.2) is 24.4 Å². The normalized spacial score (nSPS) is 11.9. The van der Waals surface area contributed by atoms with Gasteiger partial charge in [-0.25, -0.2) is 86.3 Å². The lowest BCUT2D eigenvalue weighted by Gasteiger charge is -2.36. The number of benzene rings is 6. The van der Waals surface area contributed by atoms with Crippen LogP contribution in [0.5, 0.6) is 0 Å². The summed E-state index contributed by atoms with van der Waals surface area (Å²) in [6.07, 6.45) is -13.5. The molecule has 0 saturated carbocycles. The largest absolute Gasteiger partial charge is 0.478 e. The van der Waals surface area contributed by atoms with E-state index >= 15 is 9.59 Å². The molecule has 0 aliphatic carbocycles. The van der Waals surface area contributed by atoms with Gasteiger partial charge in [-0.3, -0.25) is 0 Å². The summed E-state index contributed by atoms with van der Waals surface area (Å²) in [5, 5.41) is 120. The minimum atomic E-state index is -3.49. The summed E-state index contributed by atoms with van der Waals surface area (Å²) in [5.41, 5.74) is -21.0. The summed E-state index contributed by atoms with van der Waals surface area (Å²) in [4.78, 5) is 237. The van der Waals surface area contributed by atoms with E-state index in [-0.39, 0.29) is 24.3 Å². The van der Waals surface area contributed by atoms with Crippen LogP contribution in [0.25, 0.3) is 0 Å². The number of ether oxygens (including phenoxy) is 6. The second-order valence-electron chi connectivity index (χ2n) is 19.0. The number of esters is 6. The Morgan fingerprint density at radius 3 is 0.552 bits per heavy atom. The van der Waals surface area contributed by atoms with Crippen LogP contribution in [0.15, 0.2) is 109 Å². The molecule has 0 fully saturated rings. The number of hydrogen-bond acceptors (Lipinski definition) is 24. The highest BCUT2D eigenvalue weighted by Gasteiger charge is 2.48. The van der Waals surface area contributed by atoms with Crippen LogP contribution in [0.1, 0.15) is 186 Å². The van der Waals surface area contributed by atoms with Crippen LogP contribution < -0.4 is 0 Å². The lowest BCUT2D eigenvalue weighted by Crippen LogP contribution is -2.55. The first-order chi connectivity index (χ1) is 45.0. The van der Waals surface area contributed by atoms with Gasteiger partial charge >= 0.3 is 107 Å². The predicted molar refractivity (Wildman–Crippen MR) is 300 cm³/mol. The smallest absolute Gasteiger partial charge is 0.339 e. The van der Waals surface area contributed by atoms with Crippen LogP contribution in [0.4, 0.5) is 0 Å². The third kappa shape index (κ3) is 16.4. The Labute approximate surface area is 529 Å². The summed E-state index contributed by atoms with van der Waals surface area (Å²) in [7, 11) is 0. The Balaban J connectivity index is 1.81. The summed E-state index contributed by atoms with van der Waals surface area (Å²) in [6.45, 7) is -4.09.